The van der Waals surface area contributed by atoms with Gasteiger partial charge in [-0.2, -0.15) is 5.10 Å². The first kappa shape index (κ1) is 11.4. The molecule has 2 aromatic rings. The fourth-order valence-corrected chi connectivity index (χ4v) is 2.15. The van der Waals surface area contributed by atoms with E-state index in [1.165, 1.54) is 5.56 Å². The molecule has 0 saturated carbocycles. The van der Waals surface area contributed by atoms with Crippen LogP contribution in [0.4, 0.5) is 0 Å². The summed E-state index contributed by atoms with van der Waals surface area (Å²) < 4.78 is 7.20. The van der Waals surface area contributed by atoms with Gasteiger partial charge >= 0.3 is 0 Å². The van der Waals surface area contributed by atoms with Crippen molar-refractivity contribution in [2.24, 2.45) is 0 Å². The van der Waals surface area contributed by atoms with E-state index in [1.807, 2.05) is 16.9 Å². The first-order valence-electron chi connectivity index (χ1n) is 6.32. The van der Waals surface area contributed by atoms with Crippen molar-refractivity contribution in [3.63, 3.8) is 0 Å². The molecule has 1 aromatic heterocycles. The van der Waals surface area contributed by atoms with Crippen molar-refractivity contribution in [2.75, 3.05) is 13.2 Å². The van der Waals surface area contributed by atoms with Crippen LogP contribution in [0, 0.1) is 0 Å². The topological polar surface area (TPSA) is 39.1 Å². The molecule has 1 aliphatic heterocycles. The molecule has 94 valence electrons. The van der Waals surface area contributed by atoms with Crippen LogP contribution in [0.1, 0.15) is 12.0 Å². The van der Waals surface area contributed by atoms with E-state index in [4.69, 9.17) is 4.74 Å². The molecule has 4 heteroatoms. The average Bonchev–Trinajstić information content (AvgIpc) is 3.10. The van der Waals surface area contributed by atoms with Crippen molar-refractivity contribution in [3.05, 3.63) is 48.3 Å². The minimum Gasteiger partial charge on any atom is -0.380 e. The smallest absolute Gasteiger partial charge is 0.0645 e. The van der Waals surface area contributed by atoms with Gasteiger partial charge < -0.3 is 10.1 Å². The van der Waals surface area contributed by atoms with Crippen LogP contribution in [-0.2, 0) is 11.3 Å². The van der Waals surface area contributed by atoms with Crippen molar-refractivity contribution < 1.29 is 4.74 Å². The Labute approximate surface area is 107 Å². The van der Waals surface area contributed by atoms with E-state index in [2.05, 4.69) is 34.7 Å². The summed E-state index contributed by atoms with van der Waals surface area (Å²) in [6, 6.07) is 10.9. The normalized spacial score (nSPS) is 19.2. The lowest BCUT2D eigenvalue weighted by Crippen LogP contribution is -2.28. The molecule has 1 aliphatic rings. The Balaban J connectivity index is 1.60. The van der Waals surface area contributed by atoms with Crippen molar-refractivity contribution >= 4 is 0 Å². The lowest BCUT2D eigenvalue weighted by atomic mass is 10.2. The lowest BCUT2D eigenvalue weighted by Gasteiger charge is -2.10. The second-order valence-electron chi connectivity index (χ2n) is 4.56. The largest absolute Gasteiger partial charge is 0.380 e. The highest BCUT2D eigenvalue weighted by atomic mass is 16.5. The van der Waals surface area contributed by atoms with E-state index in [9.17, 15) is 0 Å². The standard InChI is InChI=1S/C14H17N3O/c1-7-16-17(8-1)14-4-2-12(3-5-14)10-15-13-6-9-18-11-13/h1-5,7-8,13,15H,6,9-11H2. The summed E-state index contributed by atoms with van der Waals surface area (Å²) in [5, 5.41) is 7.71. The summed E-state index contributed by atoms with van der Waals surface area (Å²) in [6.07, 6.45) is 4.85. The molecule has 1 unspecified atom stereocenters. The Bertz CT molecular complexity index is 472. The highest BCUT2D eigenvalue weighted by molar-refractivity contribution is 5.33. The summed E-state index contributed by atoms with van der Waals surface area (Å²) in [5.74, 6) is 0. The predicted octanol–water partition coefficient (Wildman–Crippen LogP) is 1.75. The molecule has 0 amide bonds. The van der Waals surface area contributed by atoms with Crippen molar-refractivity contribution in [1.29, 1.82) is 0 Å². The Morgan fingerprint density at radius 2 is 2.22 bits per heavy atom. The number of nitrogens with zero attached hydrogens (tertiary/aromatic N) is 2. The van der Waals surface area contributed by atoms with E-state index >= 15 is 0 Å². The van der Waals surface area contributed by atoms with Gasteiger partial charge in [0.1, 0.15) is 0 Å². The molecule has 2 heterocycles. The van der Waals surface area contributed by atoms with Gasteiger partial charge in [0.15, 0.2) is 0 Å². The molecular weight excluding hydrogens is 226 g/mol. The number of aromatic nitrogens is 2. The summed E-state index contributed by atoms with van der Waals surface area (Å²) in [4.78, 5) is 0. The Morgan fingerprint density at radius 3 is 2.89 bits per heavy atom. The van der Waals surface area contributed by atoms with E-state index in [1.54, 1.807) is 6.20 Å². The summed E-state index contributed by atoms with van der Waals surface area (Å²) in [5.41, 5.74) is 2.38. The highest BCUT2D eigenvalue weighted by Crippen LogP contribution is 2.10. The van der Waals surface area contributed by atoms with Crippen LogP contribution < -0.4 is 5.32 Å². The average molecular weight is 243 g/mol. The van der Waals surface area contributed by atoms with Gasteiger partial charge in [-0.1, -0.05) is 12.1 Å². The summed E-state index contributed by atoms with van der Waals surface area (Å²) >= 11 is 0. The molecule has 1 aromatic carbocycles. The Morgan fingerprint density at radius 1 is 1.33 bits per heavy atom. The zero-order chi connectivity index (χ0) is 12.2. The first-order chi connectivity index (χ1) is 8.92. The minimum absolute atomic E-state index is 0.510. The van der Waals surface area contributed by atoms with Gasteiger partial charge in [0.25, 0.3) is 0 Å². The van der Waals surface area contributed by atoms with E-state index in [-0.39, 0.29) is 0 Å². The first-order valence-corrected chi connectivity index (χ1v) is 6.32. The van der Waals surface area contributed by atoms with Crippen LogP contribution in [0.3, 0.4) is 0 Å². The summed E-state index contributed by atoms with van der Waals surface area (Å²) in [7, 11) is 0. The molecule has 1 fully saturated rings. The molecule has 1 saturated heterocycles. The van der Waals surface area contributed by atoms with Crippen LogP contribution in [-0.4, -0.2) is 29.0 Å². The van der Waals surface area contributed by atoms with Crippen LogP contribution in [0.5, 0.6) is 0 Å². The monoisotopic (exact) mass is 243 g/mol. The maximum atomic E-state index is 5.34. The maximum Gasteiger partial charge on any atom is 0.0645 e. The van der Waals surface area contributed by atoms with Crippen molar-refractivity contribution in [2.45, 2.75) is 19.0 Å². The van der Waals surface area contributed by atoms with E-state index in [0.29, 0.717) is 6.04 Å². The van der Waals surface area contributed by atoms with Gasteiger partial charge in [0.05, 0.1) is 12.3 Å². The third-order valence-corrected chi connectivity index (χ3v) is 3.23. The second-order valence-corrected chi connectivity index (χ2v) is 4.56. The lowest BCUT2D eigenvalue weighted by molar-refractivity contribution is 0.190. The van der Waals surface area contributed by atoms with Crippen molar-refractivity contribution in [3.8, 4) is 5.69 Å². The highest BCUT2D eigenvalue weighted by Gasteiger charge is 2.14. The van der Waals surface area contributed by atoms with Crippen molar-refractivity contribution in [1.82, 2.24) is 15.1 Å². The third-order valence-electron chi connectivity index (χ3n) is 3.23. The number of rotatable bonds is 4. The van der Waals surface area contributed by atoms with Gasteiger partial charge in [0.2, 0.25) is 0 Å². The quantitative estimate of drug-likeness (QED) is 0.889. The molecule has 0 bridgehead atoms. The number of hydrogen-bond donors (Lipinski definition) is 1. The van der Waals surface area contributed by atoms with Gasteiger partial charge in [0, 0.05) is 31.6 Å². The summed E-state index contributed by atoms with van der Waals surface area (Å²) in [6.45, 7) is 2.62. The number of nitrogens with one attached hydrogen (secondary N) is 1. The van der Waals surface area contributed by atoms with Crippen LogP contribution in [0.15, 0.2) is 42.7 Å². The molecule has 0 aliphatic carbocycles. The van der Waals surface area contributed by atoms with Crippen LogP contribution >= 0.6 is 0 Å². The van der Waals surface area contributed by atoms with Crippen LogP contribution in [0.2, 0.25) is 0 Å². The molecule has 4 nitrogen and oxygen atoms in total. The van der Waals surface area contributed by atoms with Gasteiger partial charge in [-0.15, -0.1) is 0 Å². The molecular formula is C14H17N3O. The fourth-order valence-electron chi connectivity index (χ4n) is 2.15. The van der Waals surface area contributed by atoms with E-state index < -0.39 is 0 Å². The molecule has 1 N–H and O–H groups in total. The Hall–Kier alpha value is -1.65. The SMILES string of the molecule is c1cnn(-c2ccc(CNC3CCOC3)cc2)c1. The number of hydrogen-bond acceptors (Lipinski definition) is 3. The van der Waals surface area contributed by atoms with Crippen LogP contribution in [0.25, 0.3) is 5.69 Å². The fraction of sp³-hybridized carbons (Fsp3) is 0.357. The zero-order valence-electron chi connectivity index (χ0n) is 10.2. The second kappa shape index (κ2) is 5.33. The van der Waals surface area contributed by atoms with Gasteiger partial charge in [-0.05, 0) is 30.2 Å². The predicted molar refractivity (Wildman–Crippen MR) is 69.6 cm³/mol. The minimum atomic E-state index is 0.510. The van der Waals surface area contributed by atoms with Gasteiger partial charge in [-0.3, -0.25) is 0 Å². The zero-order valence-corrected chi connectivity index (χ0v) is 10.2. The number of ether oxygens (including phenoxy) is 1. The molecule has 18 heavy (non-hydrogen) atoms. The Kier molecular flexibility index (Phi) is 3.39. The molecule has 0 spiro atoms. The van der Waals surface area contributed by atoms with E-state index in [0.717, 1.165) is 31.9 Å². The maximum absolute atomic E-state index is 5.34. The van der Waals surface area contributed by atoms with Gasteiger partial charge in [-0.25, -0.2) is 4.68 Å². The molecule has 0 radical (unpaired) electrons. The molecule has 3 rings (SSSR count). The number of benzene rings is 1. The third kappa shape index (κ3) is 2.60. The molecule has 1 atom stereocenters.